The van der Waals surface area contributed by atoms with E-state index in [1.807, 2.05) is 54.6 Å². The average Bonchev–Trinajstić information content (AvgIpc) is 2.76. The van der Waals surface area contributed by atoms with Crippen LogP contribution in [0.25, 0.3) is 0 Å². The molecule has 0 spiro atoms. The van der Waals surface area contributed by atoms with Gasteiger partial charge in [-0.3, -0.25) is 4.79 Å². The van der Waals surface area contributed by atoms with E-state index in [1.54, 1.807) is 0 Å². The zero-order chi connectivity index (χ0) is 22.5. The summed E-state index contributed by atoms with van der Waals surface area (Å²) in [5.74, 6) is -1.33. The molecule has 2 aromatic rings. The lowest BCUT2D eigenvalue weighted by Crippen LogP contribution is -2.42. The summed E-state index contributed by atoms with van der Waals surface area (Å²) in [5.41, 5.74) is 1.81. The second-order valence-corrected chi connectivity index (χ2v) is 8.22. The van der Waals surface area contributed by atoms with Crippen molar-refractivity contribution in [2.24, 2.45) is 0 Å². The van der Waals surface area contributed by atoms with Crippen molar-refractivity contribution in [1.29, 1.82) is 0 Å². The Kier molecular flexibility index (Phi) is 10.8. The van der Waals surface area contributed by atoms with Gasteiger partial charge in [-0.2, -0.15) is 0 Å². The van der Waals surface area contributed by atoms with Crippen LogP contribution in [0.1, 0.15) is 36.8 Å². The first kappa shape index (κ1) is 24.6. The van der Waals surface area contributed by atoms with Crippen molar-refractivity contribution in [2.75, 3.05) is 6.54 Å². The number of amides is 2. The third-order valence-corrected chi connectivity index (χ3v) is 5.63. The van der Waals surface area contributed by atoms with E-state index in [2.05, 4.69) is 33.2 Å². The molecule has 2 aromatic carbocycles. The van der Waals surface area contributed by atoms with Gasteiger partial charge in [0.1, 0.15) is 12.6 Å². The van der Waals surface area contributed by atoms with Crippen molar-refractivity contribution in [3.8, 4) is 0 Å². The van der Waals surface area contributed by atoms with Gasteiger partial charge in [0, 0.05) is 23.0 Å². The fraction of sp³-hybridized carbons (Fsp3) is 0.348. The van der Waals surface area contributed by atoms with Crippen LogP contribution in [0.4, 0.5) is 4.79 Å². The van der Waals surface area contributed by atoms with Gasteiger partial charge in [-0.25, -0.2) is 9.59 Å². The van der Waals surface area contributed by atoms with Crippen LogP contribution in [0.5, 0.6) is 0 Å². The highest BCUT2D eigenvalue weighted by molar-refractivity contribution is 14.1. The maximum absolute atomic E-state index is 12.1. The highest BCUT2D eigenvalue weighted by atomic mass is 127. The maximum Gasteiger partial charge on any atom is 0.407 e. The van der Waals surface area contributed by atoms with Gasteiger partial charge in [-0.05, 0) is 52.6 Å². The van der Waals surface area contributed by atoms with Crippen LogP contribution in [0, 0.1) is 3.57 Å². The molecule has 7 nitrogen and oxygen atoms in total. The number of carboxylic acid groups (broad SMARTS) is 1. The van der Waals surface area contributed by atoms with Gasteiger partial charge in [0.05, 0.1) is 0 Å². The third kappa shape index (κ3) is 9.82. The van der Waals surface area contributed by atoms with Crippen LogP contribution in [-0.4, -0.2) is 35.7 Å². The fourth-order valence-corrected chi connectivity index (χ4v) is 3.51. The van der Waals surface area contributed by atoms with E-state index in [0.29, 0.717) is 19.4 Å². The van der Waals surface area contributed by atoms with Crippen LogP contribution in [0.15, 0.2) is 54.6 Å². The highest BCUT2D eigenvalue weighted by Crippen LogP contribution is 2.14. The molecule has 0 saturated carbocycles. The van der Waals surface area contributed by atoms with Crippen molar-refractivity contribution in [3.05, 3.63) is 69.3 Å². The molecule has 166 valence electrons. The summed E-state index contributed by atoms with van der Waals surface area (Å²) < 4.78 is 6.09. The van der Waals surface area contributed by atoms with Gasteiger partial charge in [-0.15, -0.1) is 0 Å². The average molecular weight is 538 g/mol. The molecule has 0 saturated heterocycles. The molecular formula is C23H27IN2O5. The number of rotatable bonds is 12. The minimum absolute atomic E-state index is 0.222. The second-order valence-electron chi connectivity index (χ2n) is 7.05. The smallest absolute Gasteiger partial charge is 0.407 e. The molecule has 0 aliphatic heterocycles. The standard InChI is InChI=1S/C23H27IN2O5/c24-19-12-7-6-11-18(19)15-20(22(28)29)26-21(27)13-5-2-8-14-25-23(30)31-16-17-9-3-1-4-10-17/h1,3-4,6-7,9-12,20H,2,5,8,13-16H2,(H,25,30)(H,26,27)(H,28,29)/t20-/m1/s1. The molecule has 2 rings (SSSR count). The molecule has 0 aliphatic carbocycles. The van der Waals surface area contributed by atoms with E-state index in [0.717, 1.165) is 21.1 Å². The monoisotopic (exact) mass is 538 g/mol. The van der Waals surface area contributed by atoms with Crippen molar-refractivity contribution in [1.82, 2.24) is 10.6 Å². The number of hydrogen-bond donors (Lipinski definition) is 3. The highest BCUT2D eigenvalue weighted by Gasteiger charge is 2.21. The maximum atomic E-state index is 12.1. The Balaban J connectivity index is 1.58. The Morgan fingerprint density at radius 1 is 0.968 bits per heavy atom. The first-order valence-corrected chi connectivity index (χ1v) is 11.2. The summed E-state index contributed by atoms with van der Waals surface area (Å²) in [7, 11) is 0. The van der Waals surface area contributed by atoms with Crippen molar-refractivity contribution in [3.63, 3.8) is 0 Å². The van der Waals surface area contributed by atoms with E-state index in [-0.39, 0.29) is 25.4 Å². The van der Waals surface area contributed by atoms with Crippen molar-refractivity contribution >= 4 is 40.6 Å². The van der Waals surface area contributed by atoms with Gasteiger partial charge >= 0.3 is 12.1 Å². The second kappa shape index (κ2) is 13.6. The van der Waals surface area contributed by atoms with Crippen LogP contribution >= 0.6 is 22.6 Å². The molecule has 3 N–H and O–H groups in total. The molecular weight excluding hydrogens is 511 g/mol. The number of ether oxygens (including phenoxy) is 1. The number of nitrogens with one attached hydrogen (secondary N) is 2. The Labute approximate surface area is 195 Å². The minimum Gasteiger partial charge on any atom is -0.480 e. The minimum atomic E-state index is -1.05. The number of benzene rings is 2. The number of carboxylic acids is 1. The van der Waals surface area contributed by atoms with Crippen LogP contribution in [0.2, 0.25) is 0 Å². The number of carbonyl (C=O) groups excluding carboxylic acids is 2. The molecule has 8 heteroatoms. The van der Waals surface area contributed by atoms with E-state index < -0.39 is 18.1 Å². The normalized spacial score (nSPS) is 11.4. The zero-order valence-corrected chi connectivity index (χ0v) is 19.3. The summed E-state index contributed by atoms with van der Waals surface area (Å²) in [6, 6.07) is 16.0. The SMILES string of the molecule is O=C(CCCCCNC(=O)OCc1ccccc1)N[C@H](Cc1ccccc1I)C(=O)O. The summed E-state index contributed by atoms with van der Waals surface area (Å²) in [4.78, 5) is 35.3. The van der Waals surface area contributed by atoms with Crippen molar-refractivity contribution < 1.29 is 24.2 Å². The Morgan fingerprint density at radius 2 is 1.68 bits per heavy atom. The van der Waals surface area contributed by atoms with Crippen LogP contribution < -0.4 is 10.6 Å². The van der Waals surface area contributed by atoms with E-state index >= 15 is 0 Å². The van der Waals surface area contributed by atoms with Gasteiger partial charge in [0.2, 0.25) is 5.91 Å². The topological polar surface area (TPSA) is 105 Å². The van der Waals surface area contributed by atoms with Crippen molar-refractivity contribution in [2.45, 2.75) is 44.8 Å². The Morgan fingerprint density at radius 3 is 2.39 bits per heavy atom. The number of alkyl carbamates (subject to hydrolysis) is 1. The number of hydrogen-bond acceptors (Lipinski definition) is 4. The lowest BCUT2D eigenvalue weighted by molar-refractivity contribution is -0.141. The first-order valence-electron chi connectivity index (χ1n) is 10.2. The van der Waals surface area contributed by atoms with Gasteiger partial charge in [-0.1, -0.05) is 55.0 Å². The summed E-state index contributed by atoms with van der Waals surface area (Å²) in [6.07, 6.45) is 2.07. The Hall–Kier alpha value is -2.62. The number of carbonyl (C=O) groups is 3. The molecule has 0 heterocycles. The third-order valence-electron chi connectivity index (χ3n) is 4.58. The van der Waals surface area contributed by atoms with Gasteiger partial charge in [0.25, 0.3) is 0 Å². The molecule has 0 radical (unpaired) electrons. The van der Waals surface area contributed by atoms with Gasteiger partial charge in [0.15, 0.2) is 0 Å². The summed E-state index contributed by atoms with van der Waals surface area (Å²) in [5, 5.41) is 14.7. The first-order chi connectivity index (χ1) is 15.0. The number of halogens is 1. The molecule has 0 fully saturated rings. The molecule has 0 unspecified atom stereocenters. The van der Waals surface area contributed by atoms with E-state index in [1.165, 1.54) is 0 Å². The largest absolute Gasteiger partial charge is 0.480 e. The zero-order valence-electron chi connectivity index (χ0n) is 17.2. The quantitative estimate of drug-likeness (QED) is 0.281. The molecule has 31 heavy (non-hydrogen) atoms. The summed E-state index contributed by atoms with van der Waals surface area (Å²) >= 11 is 2.15. The van der Waals surface area contributed by atoms with E-state index in [9.17, 15) is 19.5 Å². The number of aliphatic carboxylic acids is 1. The molecule has 0 bridgehead atoms. The summed E-state index contributed by atoms with van der Waals surface area (Å²) in [6.45, 7) is 0.680. The van der Waals surface area contributed by atoms with Gasteiger partial charge < -0.3 is 20.5 Å². The predicted molar refractivity (Wildman–Crippen MR) is 126 cm³/mol. The van der Waals surface area contributed by atoms with Crippen LogP contribution in [0.3, 0.4) is 0 Å². The molecule has 2 amide bonds. The lowest BCUT2D eigenvalue weighted by Gasteiger charge is -2.15. The molecule has 0 aliphatic rings. The molecule has 0 aromatic heterocycles. The Bertz CT molecular complexity index is 860. The van der Waals surface area contributed by atoms with Crippen LogP contribution in [-0.2, 0) is 27.4 Å². The lowest BCUT2D eigenvalue weighted by atomic mass is 10.1. The fourth-order valence-electron chi connectivity index (χ4n) is 2.90. The predicted octanol–water partition coefficient (Wildman–Crippen LogP) is 3.89. The number of unbranched alkanes of at least 4 members (excludes halogenated alkanes) is 2. The van der Waals surface area contributed by atoms with E-state index in [4.69, 9.17) is 4.74 Å². The molecule has 1 atom stereocenters.